The molecule has 2 N–H and O–H groups in total. The van der Waals surface area contributed by atoms with Crippen molar-refractivity contribution >= 4 is 28.8 Å². The molecule has 174 valence electrons. The SMILES string of the molecule is CNc1nc(C2(c3ccccc3)CCN(C(=O)c3cc(C)ncc3OC)CC2)cs1.O=CO. The first-order valence-electron chi connectivity index (χ1n) is 10.6. The normalized spacial score (nSPS) is 14.6. The Morgan fingerprint density at radius 1 is 1.27 bits per heavy atom. The fourth-order valence-corrected chi connectivity index (χ4v) is 4.97. The van der Waals surface area contributed by atoms with E-state index < -0.39 is 0 Å². The fourth-order valence-electron chi connectivity index (χ4n) is 4.20. The maximum Gasteiger partial charge on any atom is 0.290 e. The molecule has 2 aromatic heterocycles. The van der Waals surface area contributed by atoms with Gasteiger partial charge in [0, 0.05) is 36.6 Å². The first-order chi connectivity index (χ1) is 16.0. The third-order valence-corrected chi connectivity index (χ3v) is 6.75. The van der Waals surface area contributed by atoms with Crippen molar-refractivity contribution in [3.63, 3.8) is 0 Å². The third-order valence-electron chi connectivity index (χ3n) is 5.89. The minimum atomic E-state index is -0.250. The van der Waals surface area contributed by atoms with E-state index in [4.69, 9.17) is 19.6 Å². The standard InChI is InChI=1S/C23H26N4O2S.CH2O2/c1-16-13-18(19(29-3)14-25-16)21(28)27-11-9-23(10-12-27,17-7-5-4-6-8-17)20-15-30-22(24-2)26-20;2-1-3/h4-8,13-15H,9-12H2,1-3H3,(H,24,26);1H,(H,2,3). The summed E-state index contributed by atoms with van der Waals surface area (Å²) in [6, 6.07) is 12.3. The van der Waals surface area contributed by atoms with Gasteiger partial charge in [-0.05, 0) is 31.4 Å². The summed E-state index contributed by atoms with van der Waals surface area (Å²) in [6.45, 7) is 2.95. The number of pyridine rings is 1. The number of methoxy groups -OCH3 is 1. The Balaban J connectivity index is 0.000000968. The van der Waals surface area contributed by atoms with Crippen LogP contribution < -0.4 is 10.1 Å². The molecular weight excluding hydrogens is 440 g/mol. The van der Waals surface area contributed by atoms with Crippen LogP contribution in [0.25, 0.3) is 0 Å². The summed E-state index contributed by atoms with van der Waals surface area (Å²) < 4.78 is 5.38. The number of piperidine rings is 1. The van der Waals surface area contributed by atoms with Gasteiger partial charge in [-0.25, -0.2) is 4.98 Å². The lowest BCUT2D eigenvalue weighted by Gasteiger charge is -2.41. The molecule has 0 bridgehead atoms. The lowest BCUT2D eigenvalue weighted by Crippen LogP contribution is -2.46. The Morgan fingerprint density at radius 2 is 1.94 bits per heavy atom. The van der Waals surface area contributed by atoms with E-state index in [9.17, 15) is 4.79 Å². The number of aryl methyl sites for hydroxylation is 1. The highest BCUT2D eigenvalue weighted by Crippen LogP contribution is 2.43. The van der Waals surface area contributed by atoms with Gasteiger partial charge in [0.1, 0.15) is 5.75 Å². The number of amides is 1. The van der Waals surface area contributed by atoms with Crippen LogP contribution in [0.1, 0.15) is 40.2 Å². The van der Waals surface area contributed by atoms with E-state index in [2.05, 4.69) is 39.9 Å². The van der Waals surface area contributed by atoms with Crippen LogP contribution in [0.3, 0.4) is 0 Å². The van der Waals surface area contributed by atoms with Crippen molar-refractivity contribution in [1.29, 1.82) is 0 Å². The maximum atomic E-state index is 13.3. The lowest BCUT2D eigenvalue weighted by atomic mass is 9.70. The van der Waals surface area contributed by atoms with Gasteiger partial charge in [-0.2, -0.15) is 0 Å². The predicted molar refractivity (Wildman–Crippen MR) is 128 cm³/mol. The zero-order valence-corrected chi connectivity index (χ0v) is 19.8. The minimum Gasteiger partial charge on any atom is -0.494 e. The molecule has 3 aromatic rings. The maximum absolute atomic E-state index is 13.3. The molecule has 1 fully saturated rings. The summed E-state index contributed by atoms with van der Waals surface area (Å²) in [5.41, 5.74) is 3.51. The molecule has 0 unspecified atom stereocenters. The van der Waals surface area contributed by atoms with Crippen LogP contribution in [-0.4, -0.2) is 59.6 Å². The largest absolute Gasteiger partial charge is 0.494 e. The molecule has 0 saturated carbocycles. The third kappa shape index (κ3) is 5.14. The average Bonchev–Trinajstić information content (AvgIpc) is 3.35. The number of hydrogen-bond acceptors (Lipinski definition) is 7. The highest BCUT2D eigenvalue weighted by molar-refractivity contribution is 7.13. The molecule has 0 radical (unpaired) electrons. The van der Waals surface area contributed by atoms with Gasteiger partial charge < -0.3 is 20.1 Å². The molecule has 9 heteroatoms. The van der Waals surface area contributed by atoms with Gasteiger partial charge in [0.25, 0.3) is 12.4 Å². The molecule has 1 aliphatic rings. The molecule has 0 spiro atoms. The summed E-state index contributed by atoms with van der Waals surface area (Å²) >= 11 is 1.62. The minimum absolute atomic E-state index is 0.00629. The highest BCUT2D eigenvalue weighted by Gasteiger charge is 2.41. The van der Waals surface area contributed by atoms with Crippen LogP contribution in [0.5, 0.6) is 5.75 Å². The summed E-state index contributed by atoms with van der Waals surface area (Å²) in [5.74, 6) is 0.511. The van der Waals surface area contributed by atoms with E-state index in [0.29, 0.717) is 24.4 Å². The molecule has 3 heterocycles. The van der Waals surface area contributed by atoms with E-state index in [1.54, 1.807) is 30.7 Å². The van der Waals surface area contributed by atoms with Crippen LogP contribution in [0.15, 0.2) is 48.0 Å². The second kappa shape index (κ2) is 10.9. The number of benzene rings is 1. The number of rotatable bonds is 5. The van der Waals surface area contributed by atoms with Gasteiger partial charge in [-0.1, -0.05) is 30.3 Å². The number of thiazole rings is 1. The lowest BCUT2D eigenvalue weighted by molar-refractivity contribution is -0.122. The smallest absolute Gasteiger partial charge is 0.290 e. The van der Waals surface area contributed by atoms with Crippen LogP contribution in [0, 0.1) is 6.92 Å². The Bertz CT molecular complexity index is 1080. The zero-order valence-electron chi connectivity index (χ0n) is 18.9. The summed E-state index contributed by atoms with van der Waals surface area (Å²) in [7, 11) is 3.46. The second-order valence-electron chi connectivity index (χ2n) is 7.66. The summed E-state index contributed by atoms with van der Waals surface area (Å²) in [5, 5.41) is 13.1. The van der Waals surface area contributed by atoms with E-state index in [1.165, 1.54) is 5.56 Å². The Morgan fingerprint density at radius 3 is 2.52 bits per heavy atom. The number of carboxylic acid groups (broad SMARTS) is 1. The van der Waals surface area contributed by atoms with Crippen molar-refractivity contribution in [2.45, 2.75) is 25.2 Å². The van der Waals surface area contributed by atoms with Gasteiger partial charge in [-0.3, -0.25) is 14.6 Å². The molecule has 1 amide bonds. The number of ether oxygens (including phenoxy) is 1. The first kappa shape index (κ1) is 24.2. The average molecular weight is 469 g/mol. The predicted octanol–water partition coefficient (Wildman–Crippen LogP) is 3.82. The zero-order chi connectivity index (χ0) is 23.8. The Kier molecular flexibility index (Phi) is 8.00. The number of nitrogens with one attached hydrogen (secondary N) is 1. The highest BCUT2D eigenvalue weighted by atomic mass is 32.1. The van der Waals surface area contributed by atoms with Crippen LogP contribution in [0.4, 0.5) is 5.13 Å². The molecule has 1 aliphatic heterocycles. The van der Waals surface area contributed by atoms with E-state index in [1.807, 2.05) is 24.9 Å². The molecule has 8 nitrogen and oxygen atoms in total. The number of carbonyl (C=O) groups excluding carboxylic acids is 1. The molecule has 1 saturated heterocycles. The van der Waals surface area contributed by atoms with Gasteiger partial charge in [0.05, 0.1) is 24.6 Å². The number of nitrogens with zero attached hydrogens (tertiary/aromatic N) is 3. The fraction of sp³-hybridized carbons (Fsp3) is 0.333. The first-order valence-corrected chi connectivity index (χ1v) is 11.4. The van der Waals surface area contributed by atoms with Gasteiger partial charge in [0.2, 0.25) is 0 Å². The quantitative estimate of drug-likeness (QED) is 0.549. The van der Waals surface area contributed by atoms with Gasteiger partial charge >= 0.3 is 0 Å². The van der Waals surface area contributed by atoms with E-state index >= 15 is 0 Å². The second-order valence-corrected chi connectivity index (χ2v) is 8.52. The monoisotopic (exact) mass is 468 g/mol. The van der Waals surface area contributed by atoms with Gasteiger partial charge in [0.15, 0.2) is 5.13 Å². The van der Waals surface area contributed by atoms with Crippen molar-refractivity contribution < 1.29 is 19.4 Å². The van der Waals surface area contributed by atoms with Crippen LogP contribution in [-0.2, 0) is 10.2 Å². The molecule has 4 rings (SSSR count). The van der Waals surface area contributed by atoms with Crippen molar-refractivity contribution in [3.05, 3.63) is 70.5 Å². The molecule has 0 atom stereocenters. The van der Waals surface area contributed by atoms with E-state index in [-0.39, 0.29) is 17.8 Å². The number of aromatic nitrogens is 2. The summed E-state index contributed by atoms with van der Waals surface area (Å²) in [6.07, 6.45) is 3.26. The van der Waals surface area contributed by atoms with Crippen molar-refractivity contribution in [2.24, 2.45) is 0 Å². The molecule has 0 aliphatic carbocycles. The van der Waals surface area contributed by atoms with E-state index in [0.717, 1.165) is 29.4 Å². The van der Waals surface area contributed by atoms with Crippen molar-refractivity contribution in [2.75, 3.05) is 32.6 Å². The Labute approximate surface area is 197 Å². The molecular formula is C24H28N4O4S. The number of hydrogen-bond donors (Lipinski definition) is 2. The van der Waals surface area contributed by atoms with Gasteiger partial charge in [-0.15, -0.1) is 11.3 Å². The topological polar surface area (TPSA) is 105 Å². The summed E-state index contributed by atoms with van der Waals surface area (Å²) in [4.78, 5) is 32.6. The van der Waals surface area contributed by atoms with Crippen molar-refractivity contribution in [3.8, 4) is 5.75 Å². The van der Waals surface area contributed by atoms with Crippen LogP contribution >= 0.6 is 11.3 Å². The van der Waals surface area contributed by atoms with Crippen molar-refractivity contribution in [1.82, 2.24) is 14.9 Å². The molecule has 33 heavy (non-hydrogen) atoms. The molecule has 1 aromatic carbocycles. The van der Waals surface area contributed by atoms with Crippen LogP contribution in [0.2, 0.25) is 0 Å². The Hall–Kier alpha value is -3.46. The number of anilines is 1. The number of carbonyl (C=O) groups is 2. The number of likely N-dealkylation sites (tertiary alicyclic amines) is 1.